The van der Waals surface area contributed by atoms with Crippen molar-refractivity contribution in [1.82, 2.24) is 0 Å². The van der Waals surface area contributed by atoms with Crippen LogP contribution in [-0.4, -0.2) is 4.92 Å². The molecule has 0 aliphatic heterocycles. The number of benzene rings is 2. The Kier molecular flexibility index (Phi) is 3.98. The Morgan fingerprint density at radius 3 is 2.65 bits per heavy atom. The van der Waals surface area contributed by atoms with E-state index in [1.807, 2.05) is 38.1 Å². The van der Waals surface area contributed by atoms with E-state index in [-0.39, 0.29) is 17.4 Å². The summed E-state index contributed by atoms with van der Waals surface area (Å²) < 4.78 is 13.7. The van der Waals surface area contributed by atoms with Gasteiger partial charge in [0.15, 0.2) is 0 Å². The summed E-state index contributed by atoms with van der Waals surface area (Å²) in [6, 6.07) is 11.1. The summed E-state index contributed by atoms with van der Waals surface area (Å²) in [6.07, 6.45) is 0. The van der Waals surface area contributed by atoms with E-state index in [0.717, 1.165) is 23.3 Å². The molecule has 0 spiro atoms. The van der Waals surface area contributed by atoms with E-state index in [4.69, 9.17) is 0 Å². The Bertz CT molecular complexity index is 644. The van der Waals surface area contributed by atoms with Crippen molar-refractivity contribution in [3.63, 3.8) is 0 Å². The number of nitro groups is 1. The number of nitrogens with zero attached hydrogens (tertiary/aromatic N) is 1. The van der Waals surface area contributed by atoms with Crippen LogP contribution in [0.4, 0.5) is 15.8 Å². The van der Waals surface area contributed by atoms with Gasteiger partial charge in [-0.2, -0.15) is 0 Å². The molecule has 2 aromatic rings. The highest BCUT2D eigenvalue weighted by atomic mass is 19.1. The van der Waals surface area contributed by atoms with Crippen LogP contribution in [0.5, 0.6) is 0 Å². The molecule has 0 aromatic heterocycles. The topological polar surface area (TPSA) is 55.2 Å². The lowest BCUT2D eigenvalue weighted by molar-refractivity contribution is -0.384. The second-order valence-corrected chi connectivity index (χ2v) is 4.70. The molecule has 0 radical (unpaired) electrons. The molecular formula is C15H15FN2O2. The first-order valence-electron chi connectivity index (χ1n) is 6.24. The first-order valence-corrected chi connectivity index (χ1v) is 6.24. The fraction of sp³-hybridized carbons (Fsp3) is 0.200. The first-order chi connectivity index (χ1) is 9.47. The first kappa shape index (κ1) is 14.0. The van der Waals surface area contributed by atoms with Gasteiger partial charge in [0.05, 0.1) is 10.6 Å². The Morgan fingerprint density at radius 1 is 1.25 bits per heavy atom. The highest BCUT2D eigenvalue weighted by Crippen LogP contribution is 2.25. The maximum Gasteiger partial charge on any atom is 0.271 e. The average molecular weight is 274 g/mol. The van der Waals surface area contributed by atoms with E-state index in [1.54, 1.807) is 0 Å². The Hall–Kier alpha value is -2.43. The van der Waals surface area contributed by atoms with Gasteiger partial charge >= 0.3 is 0 Å². The monoisotopic (exact) mass is 274 g/mol. The number of rotatable bonds is 4. The second-order valence-electron chi connectivity index (χ2n) is 4.70. The second kappa shape index (κ2) is 5.69. The summed E-state index contributed by atoms with van der Waals surface area (Å²) in [5.74, 6) is -0.505. The molecule has 5 heteroatoms. The number of anilines is 1. The smallest absolute Gasteiger partial charge is 0.271 e. The number of non-ortho nitro benzene ring substituents is 1. The normalized spacial score (nSPS) is 11.9. The zero-order valence-corrected chi connectivity index (χ0v) is 11.3. The Morgan fingerprint density at radius 2 is 2.00 bits per heavy atom. The van der Waals surface area contributed by atoms with Crippen molar-refractivity contribution < 1.29 is 9.31 Å². The molecule has 104 valence electrons. The van der Waals surface area contributed by atoms with Crippen LogP contribution in [0.25, 0.3) is 0 Å². The molecule has 0 heterocycles. The van der Waals surface area contributed by atoms with E-state index in [0.29, 0.717) is 0 Å². The zero-order valence-electron chi connectivity index (χ0n) is 11.3. The van der Waals surface area contributed by atoms with Gasteiger partial charge in [-0.05, 0) is 25.5 Å². The molecule has 0 aliphatic carbocycles. The minimum Gasteiger partial charge on any atom is -0.376 e. The van der Waals surface area contributed by atoms with Crippen LogP contribution >= 0.6 is 0 Å². The maximum atomic E-state index is 13.7. The summed E-state index contributed by atoms with van der Waals surface area (Å²) in [7, 11) is 0. The van der Waals surface area contributed by atoms with E-state index in [2.05, 4.69) is 5.32 Å². The fourth-order valence-corrected chi connectivity index (χ4v) is 1.99. The predicted molar refractivity (Wildman–Crippen MR) is 76.3 cm³/mol. The molecule has 0 aliphatic rings. The van der Waals surface area contributed by atoms with Crippen LogP contribution in [0.2, 0.25) is 0 Å². The van der Waals surface area contributed by atoms with Gasteiger partial charge < -0.3 is 5.32 Å². The number of nitrogens with one attached hydrogen (secondary N) is 1. The van der Waals surface area contributed by atoms with Crippen molar-refractivity contribution in [2.75, 3.05) is 5.32 Å². The number of hydrogen-bond donors (Lipinski definition) is 1. The molecule has 0 amide bonds. The molecule has 0 saturated heterocycles. The van der Waals surface area contributed by atoms with E-state index in [9.17, 15) is 14.5 Å². The lowest BCUT2D eigenvalue weighted by Crippen LogP contribution is -2.08. The summed E-state index contributed by atoms with van der Waals surface area (Å²) in [5.41, 5.74) is 2.10. The molecule has 0 bridgehead atoms. The summed E-state index contributed by atoms with van der Waals surface area (Å²) in [4.78, 5) is 10.2. The van der Waals surface area contributed by atoms with Crippen molar-refractivity contribution in [2.45, 2.75) is 19.9 Å². The molecule has 1 atom stereocenters. The highest BCUT2D eigenvalue weighted by molar-refractivity contribution is 5.53. The van der Waals surface area contributed by atoms with Gasteiger partial charge in [-0.15, -0.1) is 0 Å². The molecule has 1 N–H and O–H groups in total. The van der Waals surface area contributed by atoms with E-state index in [1.165, 1.54) is 6.07 Å². The van der Waals surface area contributed by atoms with Crippen LogP contribution in [0.1, 0.15) is 24.1 Å². The lowest BCUT2D eigenvalue weighted by Gasteiger charge is -2.16. The number of hydrogen-bond acceptors (Lipinski definition) is 3. The predicted octanol–water partition coefficient (Wildman–Crippen LogP) is 4.22. The van der Waals surface area contributed by atoms with Crippen molar-refractivity contribution in [2.24, 2.45) is 0 Å². The third-order valence-corrected chi connectivity index (χ3v) is 3.07. The van der Waals surface area contributed by atoms with Gasteiger partial charge in [0.2, 0.25) is 0 Å². The molecule has 2 aromatic carbocycles. The zero-order chi connectivity index (χ0) is 14.7. The van der Waals surface area contributed by atoms with E-state index < -0.39 is 10.7 Å². The van der Waals surface area contributed by atoms with Crippen LogP contribution < -0.4 is 5.32 Å². The fourth-order valence-electron chi connectivity index (χ4n) is 1.99. The average Bonchev–Trinajstić information content (AvgIpc) is 2.41. The van der Waals surface area contributed by atoms with Gasteiger partial charge in [-0.1, -0.05) is 29.8 Å². The summed E-state index contributed by atoms with van der Waals surface area (Å²) in [6.45, 7) is 3.86. The van der Waals surface area contributed by atoms with Gasteiger partial charge in [0, 0.05) is 18.2 Å². The Labute approximate surface area is 116 Å². The number of halogens is 1. The molecule has 1 unspecified atom stereocenters. The Balaban J connectivity index is 2.25. The minimum absolute atomic E-state index is 0.133. The van der Waals surface area contributed by atoms with Crippen LogP contribution in [0.15, 0.2) is 42.5 Å². The third kappa shape index (κ3) is 3.12. The van der Waals surface area contributed by atoms with Crippen LogP contribution in [-0.2, 0) is 0 Å². The third-order valence-electron chi connectivity index (χ3n) is 3.07. The summed E-state index contributed by atoms with van der Waals surface area (Å²) in [5, 5.41) is 13.7. The number of aryl methyl sites for hydroxylation is 1. The van der Waals surface area contributed by atoms with Crippen molar-refractivity contribution in [3.05, 3.63) is 69.5 Å². The van der Waals surface area contributed by atoms with E-state index >= 15 is 0 Å². The van der Waals surface area contributed by atoms with Crippen molar-refractivity contribution in [1.29, 1.82) is 0 Å². The maximum absolute atomic E-state index is 13.7. The van der Waals surface area contributed by atoms with Crippen LogP contribution in [0, 0.1) is 22.9 Å². The lowest BCUT2D eigenvalue weighted by atomic mass is 10.1. The van der Waals surface area contributed by atoms with Crippen molar-refractivity contribution >= 4 is 11.4 Å². The SMILES string of the molecule is Cc1cccc(C(C)Nc2cc([N+](=O)[O-])ccc2F)c1. The number of nitro benzene ring substituents is 1. The summed E-state index contributed by atoms with van der Waals surface area (Å²) >= 11 is 0. The molecule has 4 nitrogen and oxygen atoms in total. The largest absolute Gasteiger partial charge is 0.376 e. The van der Waals surface area contributed by atoms with Gasteiger partial charge in [0.1, 0.15) is 5.82 Å². The van der Waals surface area contributed by atoms with Gasteiger partial charge in [-0.3, -0.25) is 10.1 Å². The van der Waals surface area contributed by atoms with Crippen LogP contribution in [0.3, 0.4) is 0 Å². The molecule has 2 rings (SSSR count). The molecular weight excluding hydrogens is 259 g/mol. The minimum atomic E-state index is -0.540. The highest BCUT2D eigenvalue weighted by Gasteiger charge is 2.13. The standard InChI is InChI=1S/C15H15FN2O2/c1-10-4-3-5-12(8-10)11(2)17-15-9-13(18(19)20)6-7-14(15)16/h3-9,11,17H,1-2H3. The van der Waals surface area contributed by atoms with Gasteiger partial charge in [-0.25, -0.2) is 4.39 Å². The molecule has 0 saturated carbocycles. The van der Waals surface area contributed by atoms with Gasteiger partial charge in [0.25, 0.3) is 5.69 Å². The molecule has 0 fully saturated rings. The molecule has 20 heavy (non-hydrogen) atoms. The van der Waals surface area contributed by atoms with Crippen molar-refractivity contribution in [3.8, 4) is 0 Å². The quantitative estimate of drug-likeness (QED) is 0.671.